The molecule has 0 radical (unpaired) electrons. The number of para-hydroxylation sites is 3. The third-order valence-electron chi connectivity index (χ3n) is 8.00. The molecule has 6 aromatic carbocycles. The second-order valence-corrected chi connectivity index (χ2v) is 11.2. The molecule has 0 fully saturated rings. The third-order valence-corrected chi connectivity index (χ3v) is 9.14. The van der Waals surface area contributed by atoms with Crippen LogP contribution in [-0.4, -0.2) is 4.57 Å². The van der Waals surface area contributed by atoms with E-state index in [1.807, 2.05) is 11.3 Å². The predicted molar refractivity (Wildman–Crippen MR) is 166 cm³/mol. The number of hydrogen-bond donors (Lipinski definition) is 0. The van der Waals surface area contributed by atoms with Crippen molar-refractivity contribution in [3.8, 4) is 16.8 Å². The largest absolute Gasteiger partial charge is 0.455 e. The van der Waals surface area contributed by atoms with Crippen LogP contribution in [0.25, 0.3) is 80.7 Å². The summed E-state index contributed by atoms with van der Waals surface area (Å²) in [4.78, 5) is 0. The van der Waals surface area contributed by atoms with E-state index in [-0.39, 0.29) is 0 Å². The van der Waals surface area contributed by atoms with Crippen molar-refractivity contribution in [1.82, 2.24) is 4.57 Å². The van der Waals surface area contributed by atoms with Crippen LogP contribution in [0.3, 0.4) is 0 Å². The molecule has 0 spiro atoms. The van der Waals surface area contributed by atoms with Gasteiger partial charge in [-0.05, 0) is 54.1 Å². The molecule has 9 aromatic rings. The zero-order valence-corrected chi connectivity index (χ0v) is 21.7. The number of hydrogen-bond acceptors (Lipinski definition) is 2. The molecule has 2 nitrogen and oxygen atoms in total. The summed E-state index contributed by atoms with van der Waals surface area (Å²) in [6, 6.07) is 45.7. The Kier molecular flexibility index (Phi) is 4.24. The van der Waals surface area contributed by atoms with Crippen LogP contribution >= 0.6 is 11.3 Å². The lowest BCUT2D eigenvalue weighted by atomic mass is 10.00. The second kappa shape index (κ2) is 7.83. The van der Waals surface area contributed by atoms with Crippen molar-refractivity contribution in [2.24, 2.45) is 0 Å². The molecule has 182 valence electrons. The molecule has 0 bridgehead atoms. The Labute approximate surface area is 227 Å². The van der Waals surface area contributed by atoms with Gasteiger partial charge >= 0.3 is 0 Å². The molecule has 0 saturated heterocycles. The average Bonchev–Trinajstić information content (AvgIpc) is 3.66. The summed E-state index contributed by atoms with van der Waals surface area (Å²) < 4.78 is 11.7. The monoisotopic (exact) mass is 515 g/mol. The number of furan rings is 1. The average molecular weight is 516 g/mol. The highest BCUT2D eigenvalue weighted by Gasteiger charge is 2.18. The van der Waals surface area contributed by atoms with Gasteiger partial charge in [0.05, 0.1) is 11.0 Å². The number of nitrogens with zero attached hydrogens (tertiary/aromatic N) is 1. The van der Waals surface area contributed by atoms with Crippen molar-refractivity contribution >= 4 is 75.3 Å². The maximum absolute atomic E-state index is 6.79. The zero-order valence-electron chi connectivity index (χ0n) is 20.9. The first-order chi connectivity index (χ1) is 19.3. The first kappa shape index (κ1) is 21.1. The lowest BCUT2D eigenvalue weighted by Crippen LogP contribution is -1.92. The minimum Gasteiger partial charge on any atom is -0.455 e. The van der Waals surface area contributed by atoms with E-state index in [1.165, 1.54) is 53.1 Å². The van der Waals surface area contributed by atoms with E-state index >= 15 is 0 Å². The summed E-state index contributed by atoms with van der Waals surface area (Å²) >= 11 is 1.83. The molecule has 3 heteroatoms. The van der Waals surface area contributed by atoms with Crippen molar-refractivity contribution in [1.29, 1.82) is 0 Å². The molecule has 0 amide bonds. The maximum Gasteiger partial charge on any atom is 0.144 e. The molecular weight excluding hydrogens is 494 g/mol. The van der Waals surface area contributed by atoms with Gasteiger partial charge in [0.1, 0.15) is 11.2 Å². The summed E-state index contributed by atoms with van der Waals surface area (Å²) in [5.41, 5.74) is 7.79. The first-order valence-electron chi connectivity index (χ1n) is 13.2. The maximum atomic E-state index is 6.79. The van der Waals surface area contributed by atoms with Crippen molar-refractivity contribution in [3.63, 3.8) is 0 Å². The molecule has 0 aliphatic carbocycles. The van der Waals surface area contributed by atoms with Crippen LogP contribution in [0, 0.1) is 0 Å². The number of fused-ring (bicyclic) bond motifs is 10. The van der Waals surface area contributed by atoms with Gasteiger partial charge in [-0.1, -0.05) is 78.9 Å². The molecule has 0 N–H and O–H groups in total. The predicted octanol–water partition coefficient (Wildman–Crippen LogP) is 10.7. The molecule has 3 heterocycles. The van der Waals surface area contributed by atoms with E-state index in [0.717, 1.165) is 27.7 Å². The van der Waals surface area contributed by atoms with Gasteiger partial charge in [-0.3, -0.25) is 0 Å². The Balaban J connectivity index is 1.33. The number of aromatic nitrogens is 1. The Bertz CT molecular complexity index is 2390. The Morgan fingerprint density at radius 2 is 1.23 bits per heavy atom. The van der Waals surface area contributed by atoms with Gasteiger partial charge in [-0.25, -0.2) is 0 Å². The summed E-state index contributed by atoms with van der Waals surface area (Å²) in [5, 5.41) is 7.30. The fourth-order valence-corrected chi connectivity index (χ4v) is 7.39. The van der Waals surface area contributed by atoms with Gasteiger partial charge < -0.3 is 8.98 Å². The van der Waals surface area contributed by atoms with E-state index < -0.39 is 0 Å². The van der Waals surface area contributed by atoms with Crippen LogP contribution in [0.1, 0.15) is 0 Å². The van der Waals surface area contributed by atoms with E-state index in [4.69, 9.17) is 4.42 Å². The summed E-state index contributed by atoms with van der Waals surface area (Å²) in [7, 11) is 0. The molecule has 0 aliphatic heterocycles. The summed E-state index contributed by atoms with van der Waals surface area (Å²) in [6.45, 7) is 0. The SMILES string of the molecule is c1ccc(-n2c3ccccc3c3cc(-c4cccc5c4oc4c5ccc5sc6ccccc6c54)ccc32)cc1. The van der Waals surface area contributed by atoms with Crippen LogP contribution in [0.5, 0.6) is 0 Å². The van der Waals surface area contributed by atoms with Gasteiger partial charge in [0.15, 0.2) is 0 Å². The fraction of sp³-hybridized carbons (Fsp3) is 0. The van der Waals surface area contributed by atoms with Gasteiger partial charge in [0.2, 0.25) is 0 Å². The van der Waals surface area contributed by atoms with E-state index in [2.05, 4.69) is 132 Å². The number of rotatable bonds is 2. The van der Waals surface area contributed by atoms with Crippen LogP contribution in [0.15, 0.2) is 132 Å². The Hall–Kier alpha value is -4.86. The normalized spacial score (nSPS) is 12.1. The van der Waals surface area contributed by atoms with Crippen molar-refractivity contribution < 1.29 is 4.42 Å². The Morgan fingerprint density at radius 1 is 0.487 bits per heavy atom. The van der Waals surface area contributed by atoms with Crippen molar-refractivity contribution in [2.45, 2.75) is 0 Å². The molecule has 0 aliphatic rings. The summed E-state index contributed by atoms with van der Waals surface area (Å²) in [5.74, 6) is 0. The van der Waals surface area contributed by atoms with Crippen LogP contribution in [0.2, 0.25) is 0 Å². The highest BCUT2D eigenvalue weighted by atomic mass is 32.1. The molecule has 0 saturated carbocycles. The topological polar surface area (TPSA) is 18.1 Å². The zero-order chi connectivity index (χ0) is 25.5. The quantitative estimate of drug-likeness (QED) is 0.224. The molecule has 39 heavy (non-hydrogen) atoms. The minimum atomic E-state index is 0.946. The molecule has 3 aromatic heterocycles. The Morgan fingerprint density at radius 3 is 2.15 bits per heavy atom. The van der Waals surface area contributed by atoms with Crippen LogP contribution < -0.4 is 0 Å². The standard InChI is InChI=1S/C36H21NOS/c1-2-9-23(10-3-1)37-30-15-6-4-11-25(30)29-21-22(17-19-31(29)37)24-13-8-14-26-27-18-20-33-34(36(27)38-35(24)26)28-12-5-7-16-32(28)39-33/h1-21H. The van der Waals surface area contributed by atoms with Crippen molar-refractivity contribution in [2.75, 3.05) is 0 Å². The lowest BCUT2D eigenvalue weighted by Gasteiger charge is -2.08. The number of thiophene rings is 1. The van der Waals surface area contributed by atoms with Crippen molar-refractivity contribution in [3.05, 3.63) is 127 Å². The minimum absolute atomic E-state index is 0.946. The van der Waals surface area contributed by atoms with Crippen LogP contribution in [0.4, 0.5) is 0 Å². The molecular formula is C36H21NOS. The van der Waals surface area contributed by atoms with Gasteiger partial charge in [0.25, 0.3) is 0 Å². The van der Waals surface area contributed by atoms with Gasteiger partial charge in [-0.2, -0.15) is 0 Å². The van der Waals surface area contributed by atoms with E-state index in [0.29, 0.717) is 0 Å². The summed E-state index contributed by atoms with van der Waals surface area (Å²) in [6.07, 6.45) is 0. The third kappa shape index (κ3) is 2.91. The van der Waals surface area contributed by atoms with E-state index in [9.17, 15) is 0 Å². The first-order valence-corrected chi connectivity index (χ1v) is 14.0. The second-order valence-electron chi connectivity index (χ2n) is 10.1. The molecule has 0 atom stereocenters. The fourth-order valence-electron chi connectivity index (χ4n) is 6.29. The highest BCUT2D eigenvalue weighted by molar-refractivity contribution is 7.26. The van der Waals surface area contributed by atoms with Crippen LogP contribution in [-0.2, 0) is 0 Å². The highest BCUT2D eigenvalue weighted by Crippen LogP contribution is 2.44. The van der Waals surface area contributed by atoms with Gasteiger partial charge in [0, 0.05) is 53.0 Å². The molecule has 9 rings (SSSR count). The number of benzene rings is 6. The van der Waals surface area contributed by atoms with E-state index in [1.54, 1.807) is 0 Å². The smallest absolute Gasteiger partial charge is 0.144 e. The molecule has 0 unspecified atom stereocenters. The lowest BCUT2D eigenvalue weighted by molar-refractivity contribution is 0.674. The van der Waals surface area contributed by atoms with Gasteiger partial charge in [-0.15, -0.1) is 11.3 Å².